The Morgan fingerprint density at radius 1 is 1.38 bits per heavy atom. The maximum absolute atomic E-state index is 11.9. The third kappa shape index (κ3) is 6.42. The molecule has 21 heavy (non-hydrogen) atoms. The van der Waals surface area contributed by atoms with E-state index in [1.165, 1.54) is 0 Å². The first kappa shape index (κ1) is 17.2. The highest BCUT2D eigenvalue weighted by Gasteiger charge is 2.30. The quantitative estimate of drug-likeness (QED) is 0.419. The van der Waals surface area contributed by atoms with Gasteiger partial charge in [0, 0.05) is 6.42 Å². The molecule has 1 fully saturated rings. The number of hydrogen-bond acceptors (Lipinski definition) is 3. The zero-order chi connectivity index (χ0) is 15.7. The van der Waals surface area contributed by atoms with Crippen LogP contribution in [-0.4, -0.2) is 35.0 Å². The normalized spacial score (nSPS) is 18.9. The molecule has 2 amide bonds. The third-order valence-corrected chi connectivity index (χ3v) is 3.58. The number of aliphatic carboxylic acids is 1. The van der Waals surface area contributed by atoms with E-state index in [1.54, 1.807) is 0 Å². The molecular formula is C15H24N2O4. The summed E-state index contributed by atoms with van der Waals surface area (Å²) in [5.41, 5.74) is 0. The van der Waals surface area contributed by atoms with Crippen LogP contribution in [0.5, 0.6) is 0 Å². The smallest absolute Gasteiger partial charge is 0.326 e. The van der Waals surface area contributed by atoms with Crippen LogP contribution in [0.2, 0.25) is 0 Å². The molecule has 2 atom stereocenters. The van der Waals surface area contributed by atoms with Crippen LogP contribution in [0.4, 0.5) is 0 Å². The van der Waals surface area contributed by atoms with E-state index in [2.05, 4.69) is 17.2 Å². The zero-order valence-electron chi connectivity index (χ0n) is 12.3. The SMILES string of the molecule is C=CCCCCCC[C@@H](NC(=O)[C@H]1CCC(=O)N1)C(=O)O. The van der Waals surface area contributed by atoms with E-state index in [0.29, 0.717) is 19.3 Å². The van der Waals surface area contributed by atoms with Crippen molar-refractivity contribution in [3.05, 3.63) is 12.7 Å². The second kappa shape index (κ2) is 9.15. The molecule has 3 N–H and O–H groups in total. The van der Waals surface area contributed by atoms with Crippen molar-refractivity contribution >= 4 is 17.8 Å². The summed E-state index contributed by atoms with van der Waals surface area (Å²) in [4.78, 5) is 34.1. The summed E-state index contributed by atoms with van der Waals surface area (Å²) < 4.78 is 0. The van der Waals surface area contributed by atoms with Gasteiger partial charge in [0.25, 0.3) is 0 Å². The molecule has 0 bridgehead atoms. The summed E-state index contributed by atoms with van der Waals surface area (Å²) in [5, 5.41) is 14.2. The molecule has 1 aliphatic heterocycles. The molecule has 0 aromatic carbocycles. The maximum Gasteiger partial charge on any atom is 0.326 e. The lowest BCUT2D eigenvalue weighted by Crippen LogP contribution is -2.48. The van der Waals surface area contributed by atoms with E-state index in [9.17, 15) is 14.4 Å². The summed E-state index contributed by atoms with van der Waals surface area (Å²) in [5.74, 6) is -1.59. The van der Waals surface area contributed by atoms with Crippen LogP contribution < -0.4 is 10.6 Å². The van der Waals surface area contributed by atoms with Gasteiger partial charge < -0.3 is 15.7 Å². The number of rotatable bonds is 10. The van der Waals surface area contributed by atoms with Crippen LogP contribution in [0.3, 0.4) is 0 Å². The van der Waals surface area contributed by atoms with E-state index in [1.807, 2.05) is 6.08 Å². The molecule has 0 radical (unpaired) electrons. The van der Waals surface area contributed by atoms with Crippen molar-refractivity contribution in [2.75, 3.05) is 0 Å². The van der Waals surface area contributed by atoms with E-state index >= 15 is 0 Å². The van der Waals surface area contributed by atoms with Gasteiger partial charge in [0.2, 0.25) is 11.8 Å². The Kier molecular flexibility index (Phi) is 7.50. The summed E-state index contributed by atoms with van der Waals surface area (Å²) in [6.45, 7) is 3.65. The van der Waals surface area contributed by atoms with Crippen molar-refractivity contribution in [1.29, 1.82) is 0 Å². The molecule has 0 aliphatic carbocycles. The van der Waals surface area contributed by atoms with Gasteiger partial charge in [0.05, 0.1) is 0 Å². The highest BCUT2D eigenvalue weighted by molar-refractivity contribution is 5.92. The van der Waals surface area contributed by atoms with Gasteiger partial charge in [-0.2, -0.15) is 0 Å². The third-order valence-electron chi connectivity index (χ3n) is 3.58. The van der Waals surface area contributed by atoms with Crippen LogP contribution >= 0.6 is 0 Å². The first-order valence-corrected chi connectivity index (χ1v) is 7.48. The van der Waals surface area contributed by atoms with Crippen LogP contribution in [-0.2, 0) is 14.4 Å². The van der Waals surface area contributed by atoms with Gasteiger partial charge >= 0.3 is 5.97 Å². The van der Waals surface area contributed by atoms with E-state index < -0.39 is 24.0 Å². The number of amides is 2. The molecule has 6 heteroatoms. The Hall–Kier alpha value is -1.85. The topological polar surface area (TPSA) is 95.5 Å². The van der Waals surface area contributed by atoms with Gasteiger partial charge in [-0.3, -0.25) is 9.59 Å². The van der Waals surface area contributed by atoms with Crippen molar-refractivity contribution in [2.45, 2.75) is 63.5 Å². The number of carbonyl (C=O) groups excluding carboxylic acids is 2. The second-order valence-corrected chi connectivity index (χ2v) is 5.34. The van der Waals surface area contributed by atoms with Gasteiger partial charge in [-0.25, -0.2) is 4.79 Å². The monoisotopic (exact) mass is 296 g/mol. The molecule has 1 saturated heterocycles. The average molecular weight is 296 g/mol. The predicted molar refractivity (Wildman–Crippen MR) is 78.6 cm³/mol. The summed E-state index contributed by atoms with van der Waals surface area (Å²) in [6.07, 6.45) is 7.79. The van der Waals surface area contributed by atoms with Gasteiger partial charge in [-0.15, -0.1) is 6.58 Å². The maximum atomic E-state index is 11.9. The predicted octanol–water partition coefficient (Wildman–Crippen LogP) is 1.36. The standard InChI is InChI=1S/C15H24N2O4/c1-2-3-4-5-6-7-8-12(15(20)21)17-14(19)11-9-10-13(18)16-11/h2,11-12H,1,3-10H2,(H,16,18)(H,17,19)(H,20,21)/t11-,12-/m1/s1. The Balaban J connectivity index is 2.29. The molecule has 0 aromatic rings. The Morgan fingerprint density at radius 3 is 2.67 bits per heavy atom. The number of nitrogens with one attached hydrogen (secondary N) is 2. The number of carboxylic acids is 1. The van der Waals surface area contributed by atoms with Crippen LogP contribution in [0, 0.1) is 0 Å². The molecule has 0 aromatic heterocycles. The second-order valence-electron chi connectivity index (χ2n) is 5.34. The fourth-order valence-electron chi connectivity index (χ4n) is 2.33. The molecule has 1 aliphatic rings. The van der Waals surface area contributed by atoms with Gasteiger partial charge in [-0.1, -0.05) is 25.3 Å². The molecule has 6 nitrogen and oxygen atoms in total. The van der Waals surface area contributed by atoms with E-state index in [4.69, 9.17) is 5.11 Å². The lowest BCUT2D eigenvalue weighted by atomic mass is 10.1. The van der Waals surface area contributed by atoms with E-state index in [-0.39, 0.29) is 5.91 Å². The molecule has 0 spiro atoms. The molecule has 0 saturated carbocycles. The first-order chi connectivity index (χ1) is 10.0. The minimum atomic E-state index is -1.03. The van der Waals surface area contributed by atoms with E-state index in [0.717, 1.165) is 32.1 Å². The van der Waals surface area contributed by atoms with Crippen molar-refractivity contribution in [1.82, 2.24) is 10.6 Å². The van der Waals surface area contributed by atoms with Crippen LogP contribution in [0.1, 0.15) is 51.4 Å². The Morgan fingerprint density at radius 2 is 2.10 bits per heavy atom. The number of allylic oxidation sites excluding steroid dienone is 1. The number of carboxylic acid groups (broad SMARTS) is 1. The number of unbranched alkanes of at least 4 members (excludes halogenated alkanes) is 4. The van der Waals surface area contributed by atoms with Crippen molar-refractivity contribution in [3.8, 4) is 0 Å². The summed E-state index contributed by atoms with van der Waals surface area (Å²) in [7, 11) is 0. The Bertz CT molecular complexity index is 395. The lowest BCUT2D eigenvalue weighted by molar-refractivity contribution is -0.142. The zero-order valence-corrected chi connectivity index (χ0v) is 12.3. The Labute approximate surface area is 125 Å². The fourth-order valence-corrected chi connectivity index (χ4v) is 2.33. The largest absolute Gasteiger partial charge is 0.480 e. The molecule has 118 valence electrons. The summed E-state index contributed by atoms with van der Waals surface area (Å²) >= 11 is 0. The number of hydrogen-bond donors (Lipinski definition) is 3. The highest BCUT2D eigenvalue weighted by Crippen LogP contribution is 2.10. The van der Waals surface area contributed by atoms with Crippen molar-refractivity contribution < 1.29 is 19.5 Å². The molecule has 1 heterocycles. The number of carbonyl (C=O) groups is 3. The van der Waals surface area contributed by atoms with Gasteiger partial charge in [0.1, 0.15) is 12.1 Å². The summed E-state index contributed by atoms with van der Waals surface area (Å²) in [6, 6.07) is -1.47. The van der Waals surface area contributed by atoms with Crippen molar-refractivity contribution in [2.24, 2.45) is 0 Å². The first-order valence-electron chi connectivity index (χ1n) is 7.48. The molecule has 1 rings (SSSR count). The minimum absolute atomic E-state index is 0.163. The molecular weight excluding hydrogens is 272 g/mol. The molecule has 0 unspecified atom stereocenters. The minimum Gasteiger partial charge on any atom is -0.480 e. The van der Waals surface area contributed by atoms with Crippen LogP contribution in [0.25, 0.3) is 0 Å². The fraction of sp³-hybridized carbons (Fsp3) is 0.667. The van der Waals surface area contributed by atoms with Gasteiger partial charge in [-0.05, 0) is 25.7 Å². The van der Waals surface area contributed by atoms with Crippen molar-refractivity contribution in [3.63, 3.8) is 0 Å². The van der Waals surface area contributed by atoms with Gasteiger partial charge in [0.15, 0.2) is 0 Å². The average Bonchev–Trinajstić information content (AvgIpc) is 2.87. The van der Waals surface area contributed by atoms with Crippen LogP contribution in [0.15, 0.2) is 12.7 Å². The lowest BCUT2D eigenvalue weighted by Gasteiger charge is -2.17. The highest BCUT2D eigenvalue weighted by atomic mass is 16.4.